The molecule has 0 radical (unpaired) electrons. The van der Waals surface area contributed by atoms with E-state index in [9.17, 15) is 4.39 Å². The molecule has 0 atom stereocenters. The van der Waals surface area contributed by atoms with Gasteiger partial charge in [-0.3, -0.25) is 4.99 Å². The minimum absolute atomic E-state index is 0.160. The third-order valence-corrected chi connectivity index (χ3v) is 2.11. The zero-order valence-corrected chi connectivity index (χ0v) is 8.26. The lowest BCUT2D eigenvalue weighted by molar-refractivity contribution is 0.618. The molecule has 0 fully saturated rings. The van der Waals surface area contributed by atoms with Crippen molar-refractivity contribution in [2.24, 2.45) is 4.99 Å². The molecule has 1 nitrogen and oxygen atoms in total. The summed E-state index contributed by atoms with van der Waals surface area (Å²) in [6.07, 6.45) is 0.832. The van der Waals surface area contributed by atoms with Crippen LogP contribution in [0.4, 0.5) is 4.39 Å². The van der Waals surface area contributed by atoms with Gasteiger partial charge in [-0.05, 0) is 30.5 Å². The Morgan fingerprint density at radius 1 is 1.46 bits per heavy atom. The zero-order chi connectivity index (χ0) is 9.84. The van der Waals surface area contributed by atoms with Crippen LogP contribution in [0, 0.1) is 12.7 Å². The number of nitrogens with zero attached hydrogens (tertiary/aromatic N) is 1. The zero-order valence-electron chi connectivity index (χ0n) is 8.26. The van der Waals surface area contributed by atoms with Crippen molar-refractivity contribution in [2.75, 3.05) is 7.05 Å². The van der Waals surface area contributed by atoms with Crippen LogP contribution in [0.5, 0.6) is 0 Å². The molecule has 0 aromatic heterocycles. The topological polar surface area (TPSA) is 12.4 Å². The Morgan fingerprint density at radius 3 is 2.62 bits per heavy atom. The number of aryl methyl sites for hydroxylation is 1. The van der Waals surface area contributed by atoms with Crippen molar-refractivity contribution in [1.82, 2.24) is 0 Å². The number of halogens is 1. The molecule has 13 heavy (non-hydrogen) atoms. The van der Waals surface area contributed by atoms with E-state index >= 15 is 0 Å². The average molecular weight is 179 g/mol. The second-order valence-corrected chi connectivity index (χ2v) is 2.99. The van der Waals surface area contributed by atoms with Crippen LogP contribution in [-0.2, 0) is 0 Å². The maximum atomic E-state index is 13.2. The number of aliphatic imine (C=N–C) groups is 1. The fourth-order valence-corrected chi connectivity index (χ4v) is 1.26. The molecule has 0 N–H and O–H groups in total. The number of hydrogen-bond donors (Lipinski definition) is 0. The Balaban J connectivity index is 3.10. The first-order valence-corrected chi connectivity index (χ1v) is 4.41. The van der Waals surface area contributed by atoms with Gasteiger partial charge in [-0.2, -0.15) is 0 Å². The van der Waals surface area contributed by atoms with Gasteiger partial charge in [0.15, 0.2) is 0 Å². The van der Waals surface area contributed by atoms with Crippen molar-refractivity contribution < 1.29 is 4.39 Å². The van der Waals surface area contributed by atoms with Gasteiger partial charge >= 0.3 is 0 Å². The first-order valence-electron chi connectivity index (χ1n) is 4.41. The molecule has 0 aliphatic heterocycles. The largest absolute Gasteiger partial charge is 0.292 e. The Kier molecular flexibility index (Phi) is 3.18. The maximum absolute atomic E-state index is 13.2. The normalized spacial score (nSPS) is 11.8. The van der Waals surface area contributed by atoms with Gasteiger partial charge < -0.3 is 0 Å². The van der Waals surface area contributed by atoms with Crippen LogP contribution >= 0.6 is 0 Å². The third kappa shape index (κ3) is 2.14. The van der Waals surface area contributed by atoms with Gasteiger partial charge in [-0.1, -0.05) is 19.1 Å². The van der Waals surface area contributed by atoms with Gasteiger partial charge in [0.2, 0.25) is 0 Å². The molecular formula is C11H14FN. The third-order valence-electron chi connectivity index (χ3n) is 2.11. The summed E-state index contributed by atoms with van der Waals surface area (Å²) < 4.78 is 13.2. The molecule has 0 saturated heterocycles. The lowest BCUT2D eigenvalue weighted by atomic mass is 10.1. The van der Waals surface area contributed by atoms with Crippen molar-refractivity contribution in [2.45, 2.75) is 20.3 Å². The molecule has 0 spiro atoms. The average Bonchev–Trinajstić information content (AvgIpc) is 2.13. The highest BCUT2D eigenvalue weighted by molar-refractivity contribution is 6.00. The maximum Gasteiger partial charge on any atom is 0.126 e. The molecule has 0 amide bonds. The molecule has 1 rings (SSSR count). The van der Waals surface area contributed by atoms with E-state index in [-0.39, 0.29) is 5.82 Å². The number of rotatable bonds is 2. The van der Waals surface area contributed by atoms with Crippen LogP contribution in [0.1, 0.15) is 24.5 Å². The van der Waals surface area contributed by atoms with Gasteiger partial charge in [-0.25, -0.2) is 4.39 Å². The molecular weight excluding hydrogens is 165 g/mol. The lowest BCUT2D eigenvalue weighted by Gasteiger charge is -2.04. The molecule has 70 valence electrons. The van der Waals surface area contributed by atoms with Gasteiger partial charge in [0.05, 0.1) is 0 Å². The first kappa shape index (κ1) is 9.90. The summed E-state index contributed by atoms with van der Waals surface area (Å²) in [7, 11) is 1.73. The summed E-state index contributed by atoms with van der Waals surface area (Å²) in [5.41, 5.74) is 2.50. The summed E-state index contributed by atoms with van der Waals surface area (Å²) in [5, 5.41) is 0. The monoisotopic (exact) mass is 179 g/mol. The van der Waals surface area contributed by atoms with Crippen molar-refractivity contribution in [3.8, 4) is 0 Å². The van der Waals surface area contributed by atoms with Crippen molar-refractivity contribution >= 4 is 5.71 Å². The SMILES string of the molecule is CCC(=NC)c1ccc(C)c(F)c1. The molecule has 0 bridgehead atoms. The first-order chi connectivity index (χ1) is 6.19. The molecule has 1 aromatic rings. The van der Waals surface area contributed by atoms with Crippen LogP contribution in [0.3, 0.4) is 0 Å². The smallest absolute Gasteiger partial charge is 0.126 e. The number of benzene rings is 1. The highest BCUT2D eigenvalue weighted by Crippen LogP contribution is 2.11. The van der Waals surface area contributed by atoms with E-state index in [2.05, 4.69) is 4.99 Å². The molecule has 1 aromatic carbocycles. The lowest BCUT2D eigenvalue weighted by Crippen LogP contribution is -1.99. The Morgan fingerprint density at radius 2 is 2.15 bits per heavy atom. The van der Waals surface area contributed by atoms with E-state index < -0.39 is 0 Å². The van der Waals surface area contributed by atoms with Crippen molar-refractivity contribution in [1.29, 1.82) is 0 Å². The minimum Gasteiger partial charge on any atom is -0.292 e. The van der Waals surface area contributed by atoms with Gasteiger partial charge in [0.25, 0.3) is 0 Å². The van der Waals surface area contributed by atoms with Crippen molar-refractivity contribution in [3.63, 3.8) is 0 Å². The predicted octanol–water partition coefficient (Wildman–Crippen LogP) is 2.96. The van der Waals surface area contributed by atoms with Crippen LogP contribution in [0.15, 0.2) is 23.2 Å². The van der Waals surface area contributed by atoms with Crippen molar-refractivity contribution in [3.05, 3.63) is 35.1 Å². The molecule has 0 aliphatic rings. The Labute approximate surface area is 78.3 Å². The minimum atomic E-state index is -0.160. The Bertz CT molecular complexity index is 329. The summed E-state index contributed by atoms with van der Waals surface area (Å²) in [6.45, 7) is 3.77. The van der Waals surface area contributed by atoms with Gasteiger partial charge in [0.1, 0.15) is 5.82 Å². The summed E-state index contributed by atoms with van der Waals surface area (Å²) in [4.78, 5) is 4.10. The van der Waals surface area contributed by atoms with E-state index in [4.69, 9.17) is 0 Å². The van der Waals surface area contributed by atoms with Gasteiger partial charge in [-0.15, -0.1) is 0 Å². The summed E-state index contributed by atoms with van der Waals surface area (Å²) in [6, 6.07) is 5.23. The van der Waals surface area contributed by atoms with E-state index in [1.165, 1.54) is 0 Å². The molecule has 0 saturated carbocycles. The Hall–Kier alpha value is -1.18. The second kappa shape index (κ2) is 4.17. The summed E-state index contributed by atoms with van der Waals surface area (Å²) in [5.74, 6) is -0.160. The van der Waals surface area contributed by atoms with Crippen LogP contribution < -0.4 is 0 Å². The fraction of sp³-hybridized carbons (Fsp3) is 0.364. The van der Waals surface area contributed by atoms with E-state index in [1.807, 2.05) is 13.0 Å². The second-order valence-electron chi connectivity index (χ2n) is 2.99. The molecule has 0 heterocycles. The molecule has 0 aliphatic carbocycles. The fourth-order valence-electron chi connectivity index (χ4n) is 1.26. The highest BCUT2D eigenvalue weighted by atomic mass is 19.1. The summed E-state index contributed by atoms with van der Waals surface area (Å²) >= 11 is 0. The van der Waals surface area contributed by atoms with E-state index in [1.54, 1.807) is 26.1 Å². The standard InChI is InChI=1S/C11H14FN/c1-4-11(13-3)9-6-5-8(2)10(12)7-9/h5-7H,4H2,1-3H3. The molecule has 2 heteroatoms. The van der Waals surface area contributed by atoms with Gasteiger partial charge in [0, 0.05) is 12.8 Å². The van der Waals surface area contributed by atoms with Crippen LogP contribution in [-0.4, -0.2) is 12.8 Å². The number of hydrogen-bond acceptors (Lipinski definition) is 1. The quantitative estimate of drug-likeness (QED) is 0.619. The van der Waals surface area contributed by atoms with E-state index in [0.717, 1.165) is 17.7 Å². The highest BCUT2D eigenvalue weighted by Gasteiger charge is 2.03. The van der Waals surface area contributed by atoms with Crippen LogP contribution in [0.2, 0.25) is 0 Å². The predicted molar refractivity (Wildman–Crippen MR) is 53.9 cm³/mol. The molecule has 0 unspecified atom stereocenters. The van der Waals surface area contributed by atoms with Crippen LogP contribution in [0.25, 0.3) is 0 Å². The van der Waals surface area contributed by atoms with E-state index in [0.29, 0.717) is 5.56 Å².